The third-order valence-corrected chi connectivity index (χ3v) is 6.93. The molecule has 0 saturated carbocycles. The van der Waals surface area contributed by atoms with Gasteiger partial charge in [-0.1, -0.05) is 44.5 Å². The predicted molar refractivity (Wildman–Crippen MR) is 147 cm³/mol. The molecule has 7 heteroatoms. The van der Waals surface area contributed by atoms with Crippen molar-refractivity contribution in [3.63, 3.8) is 0 Å². The molecule has 4 rings (SSSR count). The monoisotopic (exact) mass is 493 g/mol. The van der Waals surface area contributed by atoms with Gasteiger partial charge in [0, 0.05) is 31.0 Å². The van der Waals surface area contributed by atoms with Crippen molar-refractivity contribution in [3.05, 3.63) is 64.8 Å². The Kier molecular flexibility index (Phi) is 6.87. The molecular weight excluding hydrogens is 458 g/mol. The first-order chi connectivity index (χ1) is 16.5. The normalized spacial score (nSPS) is 15.8. The summed E-state index contributed by atoms with van der Waals surface area (Å²) in [6.07, 6.45) is 1.69. The molecule has 2 aromatic carbocycles. The number of aryl methyl sites for hydroxylation is 1. The topological polar surface area (TPSA) is 53.5 Å². The van der Waals surface area contributed by atoms with E-state index < -0.39 is 0 Å². The predicted octanol–water partition coefficient (Wildman–Crippen LogP) is 6.59. The maximum absolute atomic E-state index is 6.53. The first-order valence-electron chi connectivity index (χ1n) is 12.1. The molecule has 0 radical (unpaired) electrons. The van der Waals surface area contributed by atoms with Crippen molar-refractivity contribution in [2.75, 3.05) is 41.9 Å². The lowest BCUT2D eigenvalue weighted by Crippen LogP contribution is -2.60. The summed E-state index contributed by atoms with van der Waals surface area (Å²) in [5.74, 6) is 2.17. The second-order valence-corrected chi connectivity index (χ2v) is 11.3. The number of methoxy groups -OCH3 is 1. The fraction of sp³-hybridized carbons (Fsp3) is 0.429. The number of ether oxygens (including phenoxy) is 1. The number of piperazine rings is 1. The van der Waals surface area contributed by atoms with Crippen LogP contribution in [0.2, 0.25) is 5.02 Å². The molecule has 0 amide bonds. The van der Waals surface area contributed by atoms with E-state index in [-0.39, 0.29) is 11.0 Å². The van der Waals surface area contributed by atoms with Crippen LogP contribution in [0.3, 0.4) is 0 Å². The zero-order valence-corrected chi connectivity index (χ0v) is 22.6. The highest BCUT2D eigenvalue weighted by Crippen LogP contribution is 2.33. The van der Waals surface area contributed by atoms with E-state index in [9.17, 15) is 0 Å². The van der Waals surface area contributed by atoms with Gasteiger partial charge in [-0.3, -0.25) is 0 Å². The van der Waals surface area contributed by atoms with Crippen LogP contribution in [0.5, 0.6) is 5.75 Å². The van der Waals surface area contributed by atoms with Crippen LogP contribution in [0.4, 0.5) is 23.1 Å². The van der Waals surface area contributed by atoms with E-state index in [1.807, 2.05) is 12.1 Å². The summed E-state index contributed by atoms with van der Waals surface area (Å²) in [6, 6.07) is 14.8. The average molecular weight is 494 g/mol. The second kappa shape index (κ2) is 9.57. The van der Waals surface area contributed by atoms with Gasteiger partial charge in [-0.05, 0) is 67.6 Å². The van der Waals surface area contributed by atoms with Crippen LogP contribution in [-0.2, 0) is 5.41 Å². The van der Waals surface area contributed by atoms with Gasteiger partial charge in [0.1, 0.15) is 10.8 Å². The van der Waals surface area contributed by atoms with Crippen LogP contribution < -0.4 is 19.9 Å². The minimum atomic E-state index is -0.110. The molecule has 1 aromatic heterocycles. The Bertz CT molecular complexity index is 1190. The quantitative estimate of drug-likeness (QED) is 0.432. The van der Waals surface area contributed by atoms with Crippen molar-refractivity contribution in [2.24, 2.45) is 0 Å². The van der Waals surface area contributed by atoms with E-state index in [1.165, 1.54) is 11.3 Å². The van der Waals surface area contributed by atoms with Gasteiger partial charge in [-0.15, -0.1) is 0 Å². The van der Waals surface area contributed by atoms with Crippen molar-refractivity contribution in [1.29, 1.82) is 0 Å². The molecule has 186 valence electrons. The zero-order valence-electron chi connectivity index (χ0n) is 21.8. The standard InChI is InChI=1S/C28H36ClN5O/c1-19-8-9-20(27(2,3)4)16-24(19)31-25-23(29)17-30-26(32-25)33-14-15-34(28(5,6)18-33)21-10-12-22(35-7)13-11-21/h8-13,16-17H,14-15,18H2,1-7H3,(H,30,31,32). The number of aromatic nitrogens is 2. The number of hydrogen-bond acceptors (Lipinski definition) is 6. The number of anilines is 4. The van der Waals surface area contributed by atoms with E-state index in [1.54, 1.807) is 13.3 Å². The van der Waals surface area contributed by atoms with Crippen LogP contribution >= 0.6 is 11.6 Å². The molecule has 0 unspecified atom stereocenters. The van der Waals surface area contributed by atoms with E-state index >= 15 is 0 Å². The van der Waals surface area contributed by atoms with Gasteiger partial charge < -0.3 is 19.9 Å². The van der Waals surface area contributed by atoms with Crippen molar-refractivity contribution < 1.29 is 4.74 Å². The lowest BCUT2D eigenvalue weighted by atomic mass is 9.86. The maximum Gasteiger partial charge on any atom is 0.227 e. The van der Waals surface area contributed by atoms with E-state index in [4.69, 9.17) is 21.3 Å². The van der Waals surface area contributed by atoms with Gasteiger partial charge in [-0.25, -0.2) is 4.98 Å². The Morgan fingerprint density at radius 2 is 1.77 bits per heavy atom. The molecule has 1 aliphatic heterocycles. The number of hydrogen-bond donors (Lipinski definition) is 1. The number of rotatable bonds is 5. The third kappa shape index (κ3) is 5.48. The highest BCUT2D eigenvalue weighted by atomic mass is 35.5. The summed E-state index contributed by atoms with van der Waals surface area (Å²) in [7, 11) is 1.69. The number of benzene rings is 2. The van der Waals surface area contributed by atoms with Crippen molar-refractivity contribution in [3.8, 4) is 5.75 Å². The molecule has 1 N–H and O–H groups in total. The van der Waals surface area contributed by atoms with E-state index in [0.29, 0.717) is 16.8 Å². The third-order valence-electron chi connectivity index (χ3n) is 6.66. The summed E-state index contributed by atoms with van der Waals surface area (Å²) in [4.78, 5) is 14.1. The Balaban J connectivity index is 1.55. The largest absolute Gasteiger partial charge is 0.497 e. The fourth-order valence-corrected chi connectivity index (χ4v) is 4.65. The summed E-state index contributed by atoms with van der Waals surface area (Å²) in [5, 5.41) is 3.97. The van der Waals surface area contributed by atoms with Crippen LogP contribution in [0.25, 0.3) is 0 Å². The molecule has 1 fully saturated rings. The molecule has 1 saturated heterocycles. The van der Waals surface area contributed by atoms with Gasteiger partial charge in [0.15, 0.2) is 5.82 Å². The van der Waals surface area contributed by atoms with E-state index in [0.717, 1.165) is 36.6 Å². The molecular formula is C28H36ClN5O. The Hall–Kier alpha value is -2.99. The van der Waals surface area contributed by atoms with Gasteiger partial charge in [0.25, 0.3) is 0 Å². The van der Waals surface area contributed by atoms with Crippen molar-refractivity contribution >= 4 is 34.7 Å². The first-order valence-corrected chi connectivity index (χ1v) is 12.4. The summed E-state index contributed by atoms with van der Waals surface area (Å²) in [6.45, 7) is 15.7. The first kappa shape index (κ1) is 25.1. The van der Waals surface area contributed by atoms with Crippen LogP contribution in [0, 0.1) is 6.92 Å². The number of halogens is 1. The highest BCUT2D eigenvalue weighted by molar-refractivity contribution is 6.32. The molecule has 2 heterocycles. The number of nitrogens with one attached hydrogen (secondary N) is 1. The van der Waals surface area contributed by atoms with Crippen LogP contribution in [-0.4, -0.2) is 42.3 Å². The lowest BCUT2D eigenvalue weighted by molar-refractivity contribution is 0.408. The Morgan fingerprint density at radius 3 is 2.40 bits per heavy atom. The van der Waals surface area contributed by atoms with Crippen molar-refractivity contribution in [1.82, 2.24) is 9.97 Å². The smallest absolute Gasteiger partial charge is 0.227 e. The molecule has 0 aliphatic carbocycles. The van der Waals surface area contributed by atoms with Crippen molar-refractivity contribution in [2.45, 2.75) is 52.5 Å². The average Bonchev–Trinajstić information content (AvgIpc) is 2.80. The van der Waals surface area contributed by atoms with Gasteiger partial charge in [-0.2, -0.15) is 4.98 Å². The molecule has 1 aliphatic rings. The SMILES string of the molecule is COc1ccc(N2CCN(c3ncc(Cl)c(Nc4cc(C(C)(C)C)ccc4C)n3)CC2(C)C)cc1. The van der Waals surface area contributed by atoms with Gasteiger partial charge in [0.2, 0.25) is 5.95 Å². The molecule has 0 spiro atoms. The summed E-state index contributed by atoms with van der Waals surface area (Å²) >= 11 is 6.53. The maximum atomic E-state index is 6.53. The second-order valence-electron chi connectivity index (χ2n) is 10.9. The Morgan fingerprint density at radius 1 is 1.06 bits per heavy atom. The lowest BCUT2D eigenvalue weighted by Gasteiger charge is -2.48. The fourth-order valence-electron chi connectivity index (χ4n) is 4.51. The molecule has 3 aromatic rings. The molecule has 6 nitrogen and oxygen atoms in total. The highest BCUT2D eigenvalue weighted by Gasteiger charge is 2.35. The molecule has 0 bridgehead atoms. The van der Waals surface area contributed by atoms with Gasteiger partial charge >= 0.3 is 0 Å². The summed E-state index contributed by atoms with van der Waals surface area (Å²) < 4.78 is 5.32. The van der Waals surface area contributed by atoms with Crippen LogP contribution in [0.1, 0.15) is 45.7 Å². The van der Waals surface area contributed by atoms with E-state index in [2.05, 4.69) is 92.0 Å². The molecule has 0 atom stereocenters. The minimum absolute atomic E-state index is 0.0555. The van der Waals surface area contributed by atoms with Crippen LogP contribution in [0.15, 0.2) is 48.7 Å². The molecule has 35 heavy (non-hydrogen) atoms. The van der Waals surface area contributed by atoms with Gasteiger partial charge in [0.05, 0.1) is 18.8 Å². The minimum Gasteiger partial charge on any atom is -0.497 e. The zero-order chi connectivity index (χ0) is 25.4. The number of nitrogens with zero attached hydrogens (tertiary/aromatic N) is 4. The summed E-state index contributed by atoms with van der Waals surface area (Å²) in [5.41, 5.74) is 4.54. The Labute approximate surface area is 214 Å².